The summed E-state index contributed by atoms with van der Waals surface area (Å²) in [6.45, 7) is 4.71. The fourth-order valence-electron chi connectivity index (χ4n) is 3.35. The van der Waals surface area contributed by atoms with Crippen LogP contribution in [0.5, 0.6) is 0 Å². The lowest BCUT2D eigenvalue weighted by atomic mass is 10.2. The number of ether oxygens (including phenoxy) is 1. The predicted molar refractivity (Wildman–Crippen MR) is 109 cm³/mol. The summed E-state index contributed by atoms with van der Waals surface area (Å²) in [5, 5.41) is 0. The summed E-state index contributed by atoms with van der Waals surface area (Å²) in [5.41, 5.74) is 1.72. The van der Waals surface area contributed by atoms with Gasteiger partial charge in [-0.15, -0.1) is 0 Å². The topological polar surface area (TPSA) is 84.0 Å². The quantitative estimate of drug-likeness (QED) is 0.648. The Balaban J connectivity index is 1.77. The second-order valence-corrected chi connectivity index (χ2v) is 8.49. The first kappa shape index (κ1) is 20.9. The maximum absolute atomic E-state index is 13.1. The lowest BCUT2D eigenvalue weighted by Gasteiger charge is -2.20. The predicted octanol–water partition coefficient (Wildman–Crippen LogP) is 2.46. The van der Waals surface area contributed by atoms with Crippen molar-refractivity contribution in [2.24, 2.45) is 0 Å². The van der Waals surface area contributed by atoms with Crippen molar-refractivity contribution in [1.82, 2.24) is 4.90 Å². The van der Waals surface area contributed by atoms with Gasteiger partial charge in [-0.2, -0.15) is 0 Å². The SMILES string of the molecule is CCN(CC)C(=O)COC(=O)c1cccc(S(=O)(=O)N2CCc3ccccc32)c1. The molecule has 0 radical (unpaired) electrons. The largest absolute Gasteiger partial charge is 0.452 e. The van der Waals surface area contributed by atoms with Crippen molar-refractivity contribution in [1.29, 1.82) is 0 Å². The highest BCUT2D eigenvalue weighted by atomic mass is 32.2. The molecule has 3 rings (SSSR count). The summed E-state index contributed by atoms with van der Waals surface area (Å²) in [7, 11) is -3.81. The van der Waals surface area contributed by atoms with Crippen molar-refractivity contribution < 1.29 is 22.7 Å². The van der Waals surface area contributed by atoms with E-state index in [0.29, 0.717) is 31.7 Å². The summed E-state index contributed by atoms with van der Waals surface area (Å²) in [5.74, 6) is -1.02. The number of para-hydroxylation sites is 1. The first-order valence-corrected chi connectivity index (χ1v) is 11.0. The zero-order valence-electron chi connectivity index (χ0n) is 16.5. The molecule has 29 heavy (non-hydrogen) atoms. The number of carbonyl (C=O) groups is 2. The van der Waals surface area contributed by atoms with Crippen LogP contribution in [0.25, 0.3) is 0 Å². The molecular formula is C21H24N2O5S. The van der Waals surface area contributed by atoms with Gasteiger partial charge in [-0.05, 0) is 50.1 Å². The molecular weight excluding hydrogens is 392 g/mol. The summed E-state index contributed by atoms with van der Waals surface area (Å²) >= 11 is 0. The second kappa shape index (κ2) is 8.65. The second-order valence-electron chi connectivity index (χ2n) is 6.63. The van der Waals surface area contributed by atoms with E-state index in [1.165, 1.54) is 28.6 Å². The third-order valence-corrected chi connectivity index (χ3v) is 6.75. The smallest absolute Gasteiger partial charge is 0.338 e. The number of anilines is 1. The van der Waals surface area contributed by atoms with Crippen molar-refractivity contribution in [3.05, 3.63) is 59.7 Å². The summed E-state index contributed by atoms with van der Waals surface area (Å²) in [4.78, 5) is 25.9. The van der Waals surface area contributed by atoms with E-state index in [1.807, 2.05) is 26.0 Å². The fourth-order valence-corrected chi connectivity index (χ4v) is 4.90. The Morgan fingerprint density at radius 3 is 2.52 bits per heavy atom. The van der Waals surface area contributed by atoms with Crippen molar-refractivity contribution in [2.75, 3.05) is 30.5 Å². The van der Waals surface area contributed by atoms with Crippen molar-refractivity contribution >= 4 is 27.6 Å². The number of sulfonamides is 1. The van der Waals surface area contributed by atoms with Crippen LogP contribution in [0.4, 0.5) is 5.69 Å². The Morgan fingerprint density at radius 2 is 1.79 bits per heavy atom. The molecule has 0 fully saturated rings. The summed E-state index contributed by atoms with van der Waals surface area (Å²) in [6, 6.07) is 13.1. The molecule has 0 unspecified atom stereocenters. The van der Waals surface area contributed by atoms with E-state index in [-0.39, 0.29) is 23.0 Å². The number of esters is 1. The molecule has 7 nitrogen and oxygen atoms in total. The minimum Gasteiger partial charge on any atom is -0.452 e. The van der Waals surface area contributed by atoms with Gasteiger partial charge in [0.1, 0.15) is 0 Å². The van der Waals surface area contributed by atoms with Gasteiger partial charge in [-0.3, -0.25) is 9.10 Å². The number of amides is 1. The minimum absolute atomic E-state index is 0.0127. The zero-order valence-corrected chi connectivity index (χ0v) is 17.3. The van der Waals surface area contributed by atoms with Gasteiger partial charge in [0.25, 0.3) is 15.9 Å². The molecule has 8 heteroatoms. The van der Waals surface area contributed by atoms with Gasteiger partial charge in [-0.1, -0.05) is 24.3 Å². The number of carbonyl (C=O) groups excluding carboxylic acids is 2. The van der Waals surface area contributed by atoms with E-state index in [2.05, 4.69) is 0 Å². The normalized spacial score (nSPS) is 13.1. The molecule has 0 spiro atoms. The molecule has 1 aliphatic heterocycles. The van der Waals surface area contributed by atoms with E-state index in [1.54, 1.807) is 17.0 Å². The molecule has 1 heterocycles. The molecule has 2 aromatic carbocycles. The molecule has 0 atom stereocenters. The third-order valence-electron chi connectivity index (χ3n) is 4.95. The van der Waals surface area contributed by atoms with Gasteiger partial charge in [0.2, 0.25) is 0 Å². The molecule has 0 N–H and O–H groups in total. The Bertz CT molecular complexity index is 1020. The molecule has 0 aromatic heterocycles. The Labute approximate surface area is 170 Å². The monoisotopic (exact) mass is 416 g/mol. The molecule has 0 bridgehead atoms. The van der Waals surface area contributed by atoms with Crippen molar-refractivity contribution in [3.63, 3.8) is 0 Å². The van der Waals surface area contributed by atoms with Gasteiger partial charge in [-0.25, -0.2) is 13.2 Å². The van der Waals surface area contributed by atoms with E-state index >= 15 is 0 Å². The van der Waals surface area contributed by atoms with Crippen LogP contribution in [-0.4, -0.2) is 51.4 Å². The highest BCUT2D eigenvalue weighted by Gasteiger charge is 2.31. The van der Waals surface area contributed by atoms with E-state index in [9.17, 15) is 18.0 Å². The third kappa shape index (κ3) is 4.27. The highest BCUT2D eigenvalue weighted by Crippen LogP contribution is 2.32. The zero-order chi connectivity index (χ0) is 21.0. The Morgan fingerprint density at radius 1 is 1.07 bits per heavy atom. The van der Waals surface area contributed by atoms with Gasteiger partial charge < -0.3 is 9.64 Å². The number of benzene rings is 2. The van der Waals surface area contributed by atoms with E-state index in [4.69, 9.17) is 4.74 Å². The number of likely N-dealkylation sites (N-methyl/N-ethyl adjacent to an activating group) is 1. The van der Waals surface area contributed by atoms with Gasteiger partial charge in [0.15, 0.2) is 6.61 Å². The summed E-state index contributed by atoms with van der Waals surface area (Å²) < 4.78 is 32.7. The molecule has 0 saturated carbocycles. The lowest BCUT2D eigenvalue weighted by molar-refractivity contribution is -0.134. The van der Waals surface area contributed by atoms with E-state index < -0.39 is 16.0 Å². The number of rotatable bonds is 7. The molecule has 1 aliphatic rings. The van der Waals surface area contributed by atoms with Crippen LogP contribution in [0, 0.1) is 0 Å². The highest BCUT2D eigenvalue weighted by molar-refractivity contribution is 7.92. The summed E-state index contributed by atoms with van der Waals surface area (Å²) in [6.07, 6.45) is 0.643. The molecule has 0 aliphatic carbocycles. The maximum atomic E-state index is 13.1. The van der Waals surface area contributed by atoms with Gasteiger partial charge in [0, 0.05) is 19.6 Å². The Kier molecular flexibility index (Phi) is 6.22. The first-order valence-electron chi connectivity index (χ1n) is 9.54. The lowest BCUT2D eigenvalue weighted by Crippen LogP contribution is -2.34. The van der Waals surface area contributed by atoms with Crippen LogP contribution in [-0.2, 0) is 26.0 Å². The van der Waals surface area contributed by atoms with Crippen LogP contribution >= 0.6 is 0 Å². The number of fused-ring (bicyclic) bond motifs is 1. The molecule has 1 amide bonds. The van der Waals surface area contributed by atoms with Crippen LogP contribution in [0.1, 0.15) is 29.8 Å². The average molecular weight is 416 g/mol. The van der Waals surface area contributed by atoms with Crippen molar-refractivity contribution in [2.45, 2.75) is 25.2 Å². The average Bonchev–Trinajstić information content (AvgIpc) is 3.18. The van der Waals surface area contributed by atoms with Crippen LogP contribution in [0.15, 0.2) is 53.4 Å². The van der Waals surface area contributed by atoms with E-state index in [0.717, 1.165) is 5.56 Å². The van der Waals surface area contributed by atoms with Gasteiger partial charge in [0.05, 0.1) is 16.1 Å². The van der Waals surface area contributed by atoms with Gasteiger partial charge >= 0.3 is 5.97 Å². The Hall–Kier alpha value is -2.87. The van der Waals surface area contributed by atoms with Crippen molar-refractivity contribution in [3.8, 4) is 0 Å². The maximum Gasteiger partial charge on any atom is 0.338 e. The number of nitrogens with zero attached hydrogens (tertiary/aromatic N) is 2. The molecule has 154 valence electrons. The minimum atomic E-state index is -3.81. The van der Waals surface area contributed by atoms with Crippen LogP contribution < -0.4 is 4.31 Å². The molecule has 0 saturated heterocycles. The molecule has 2 aromatic rings. The first-order chi connectivity index (χ1) is 13.9. The fraction of sp³-hybridized carbons (Fsp3) is 0.333. The standard InChI is InChI=1S/C21H24N2O5S/c1-3-22(4-2)20(24)15-28-21(25)17-9-7-10-18(14-17)29(26,27)23-13-12-16-8-5-6-11-19(16)23/h5-11,14H,3-4,12-13,15H2,1-2H3. The van der Waals surface area contributed by atoms with Crippen LogP contribution in [0.2, 0.25) is 0 Å². The van der Waals surface area contributed by atoms with Crippen LogP contribution in [0.3, 0.4) is 0 Å². The number of hydrogen-bond donors (Lipinski definition) is 0. The number of hydrogen-bond acceptors (Lipinski definition) is 5.